The van der Waals surface area contributed by atoms with Gasteiger partial charge in [-0.1, -0.05) is 42.5 Å². The van der Waals surface area contributed by atoms with Crippen molar-refractivity contribution in [2.24, 2.45) is 0 Å². The quantitative estimate of drug-likeness (QED) is 0.776. The Morgan fingerprint density at radius 3 is 2.53 bits per heavy atom. The molecular formula is C15H14FN. The maximum absolute atomic E-state index is 13.5. The zero-order valence-corrected chi connectivity index (χ0v) is 9.49. The summed E-state index contributed by atoms with van der Waals surface area (Å²) in [5, 5.41) is 2.98. The second kappa shape index (κ2) is 5.30. The van der Waals surface area contributed by atoms with Crippen LogP contribution in [0, 0.1) is 5.82 Å². The average Bonchev–Trinajstić information content (AvgIpc) is 2.39. The van der Waals surface area contributed by atoms with E-state index in [2.05, 4.69) is 11.9 Å². The molecule has 0 atom stereocenters. The summed E-state index contributed by atoms with van der Waals surface area (Å²) >= 11 is 0. The molecule has 0 unspecified atom stereocenters. The van der Waals surface area contributed by atoms with Gasteiger partial charge in [-0.3, -0.25) is 0 Å². The van der Waals surface area contributed by atoms with Gasteiger partial charge in [-0.05, 0) is 23.3 Å². The molecule has 1 nitrogen and oxygen atoms in total. The van der Waals surface area contributed by atoms with E-state index in [-0.39, 0.29) is 5.82 Å². The molecular weight excluding hydrogens is 213 g/mol. The maximum atomic E-state index is 13.5. The lowest BCUT2D eigenvalue weighted by molar-refractivity contribution is 0.631. The lowest BCUT2D eigenvalue weighted by Gasteiger charge is -2.08. The van der Waals surface area contributed by atoms with Crippen LogP contribution in [0.1, 0.15) is 0 Å². The number of hydrogen-bond donors (Lipinski definition) is 1. The zero-order valence-electron chi connectivity index (χ0n) is 9.49. The lowest BCUT2D eigenvalue weighted by Crippen LogP contribution is -2.00. The van der Waals surface area contributed by atoms with Crippen LogP contribution >= 0.6 is 0 Å². The van der Waals surface area contributed by atoms with Gasteiger partial charge in [0.15, 0.2) is 0 Å². The van der Waals surface area contributed by atoms with Crippen LogP contribution in [0.3, 0.4) is 0 Å². The molecule has 2 aromatic carbocycles. The summed E-state index contributed by atoms with van der Waals surface area (Å²) in [5.74, 6) is -0.244. The van der Waals surface area contributed by atoms with E-state index in [0.29, 0.717) is 12.2 Å². The first-order valence-corrected chi connectivity index (χ1v) is 5.51. The topological polar surface area (TPSA) is 12.0 Å². The van der Waals surface area contributed by atoms with Gasteiger partial charge in [0.25, 0.3) is 0 Å². The summed E-state index contributed by atoms with van der Waals surface area (Å²) in [7, 11) is 0. The normalized spacial score (nSPS) is 9.94. The fourth-order valence-electron chi connectivity index (χ4n) is 1.65. The largest absolute Gasteiger partial charge is 0.379 e. The fourth-order valence-corrected chi connectivity index (χ4v) is 1.65. The number of rotatable bonds is 4. The third kappa shape index (κ3) is 2.72. The van der Waals surface area contributed by atoms with Crippen LogP contribution in [0.5, 0.6) is 0 Å². The first kappa shape index (κ1) is 11.4. The molecule has 0 aromatic heterocycles. The third-order valence-electron chi connectivity index (χ3n) is 2.51. The lowest BCUT2D eigenvalue weighted by atomic mass is 10.1. The minimum atomic E-state index is -0.244. The van der Waals surface area contributed by atoms with Gasteiger partial charge in [0, 0.05) is 6.54 Å². The first-order valence-electron chi connectivity index (χ1n) is 5.51. The highest BCUT2D eigenvalue weighted by Gasteiger charge is 2.03. The standard InChI is InChI=1S/C15H14FN/c1-2-10-17-15-11-13(8-9-14(15)16)12-6-4-3-5-7-12/h2-9,11,17H,1,10H2. The molecule has 0 aliphatic rings. The number of benzene rings is 2. The van der Waals surface area contributed by atoms with Crippen molar-refractivity contribution in [2.45, 2.75) is 0 Å². The van der Waals surface area contributed by atoms with Crippen LogP contribution in [0.25, 0.3) is 11.1 Å². The molecule has 1 N–H and O–H groups in total. The summed E-state index contributed by atoms with van der Waals surface area (Å²) in [6.07, 6.45) is 1.70. The van der Waals surface area contributed by atoms with E-state index in [9.17, 15) is 4.39 Å². The fraction of sp³-hybridized carbons (Fsp3) is 0.0667. The highest BCUT2D eigenvalue weighted by molar-refractivity contribution is 5.68. The molecule has 0 aliphatic heterocycles. The van der Waals surface area contributed by atoms with Crippen molar-refractivity contribution in [1.82, 2.24) is 0 Å². The molecule has 2 aromatic rings. The minimum Gasteiger partial charge on any atom is -0.379 e. The van der Waals surface area contributed by atoms with E-state index in [4.69, 9.17) is 0 Å². The van der Waals surface area contributed by atoms with E-state index in [1.807, 2.05) is 36.4 Å². The number of nitrogens with one attached hydrogen (secondary N) is 1. The van der Waals surface area contributed by atoms with E-state index in [0.717, 1.165) is 11.1 Å². The molecule has 0 radical (unpaired) electrons. The van der Waals surface area contributed by atoms with Crippen molar-refractivity contribution >= 4 is 5.69 Å². The molecule has 0 aliphatic carbocycles. The van der Waals surface area contributed by atoms with Crippen LogP contribution in [-0.4, -0.2) is 6.54 Å². The number of halogens is 1. The highest BCUT2D eigenvalue weighted by Crippen LogP contribution is 2.24. The minimum absolute atomic E-state index is 0.244. The van der Waals surface area contributed by atoms with Gasteiger partial charge in [0.1, 0.15) is 5.82 Å². The Balaban J connectivity index is 2.34. The molecule has 0 bridgehead atoms. The molecule has 2 rings (SSSR count). The van der Waals surface area contributed by atoms with Gasteiger partial charge in [-0.25, -0.2) is 4.39 Å². The Morgan fingerprint density at radius 1 is 1.06 bits per heavy atom. The Hall–Kier alpha value is -2.09. The summed E-state index contributed by atoms with van der Waals surface area (Å²) < 4.78 is 13.5. The van der Waals surface area contributed by atoms with Crippen molar-refractivity contribution in [3.63, 3.8) is 0 Å². The van der Waals surface area contributed by atoms with Gasteiger partial charge in [0.2, 0.25) is 0 Å². The average molecular weight is 227 g/mol. The van der Waals surface area contributed by atoms with E-state index < -0.39 is 0 Å². The molecule has 0 amide bonds. The molecule has 0 heterocycles. The number of hydrogen-bond acceptors (Lipinski definition) is 1. The van der Waals surface area contributed by atoms with Crippen molar-refractivity contribution in [3.8, 4) is 11.1 Å². The predicted molar refractivity (Wildman–Crippen MR) is 70.5 cm³/mol. The SMILES string of the molecule is C=CCNc1cc(-c2ccccc2)ccc1F. The molecule has 0 spiro atoms. The summed E-state index contributed by atoms with van der Waals surface area (Å²) in [4.78, 5) is 0. The maximum Gasteiger partial charge on any atom is 0.146 e. The van der Waals surface area contributed by atoms with Gasteiger partial charge in [-0.2, -0.15) is 0 Å². The summed E-state index contributed by atoms with van der Waals surface area (Å²) in [6.45, 7) is 4.15. The molecule has 0 fully saturated rings. The highest BCUT2D eigenvalue weighted by atomic mass is 19.1. The zero-order chi connectivity index (χ0) is 12.1. The predicted octanol–water partition coefficient (Wildman–Crippen LogP) is 4.09. The van der Waals surface area contributed by atoms with Gasteiger partial charge < -0.3 is 5.32 Å². The summed E-state index contributed by atoms with van der Waals surface area (Å²) in [6, 6.07) is 15.0. The molecule has 0 saturated carbocycles. The monoisotopic (exact) mass is 227 g/mol. The second-order valence-corrected chi connectivity index (χ2v) is 3.73. The first-order chi connectivity index (χ1) is 8.31. The van der Waals surface area contributed by atoms with Crippen LogP contribution in [0.15, 0.2) is 61.2 Å². The van der Waals surface area contributed by atoms with Crippen LogP contribution in [0.4, 0.5) is 10.1 Å². The Bertz CT molecular complexity index is 506. The van der Waals surface area contributed by atoms with Gasteiger partial charge in [-0.15, -0.1) is 6.58 Å². The van der Waals surface area contributed by atoms with E-state index in [1.54, 1.807) is 12.1 Å². The van der Waals surface area contributed by atoms with Crippen molar-refractivity contribution in [2.75, 3.05) is 11.9 Å². The van der Waals surface area contributed by atoms with Crippen molar-refractivity contribution < 1.29 is 4.39 Å². The van der Waals surface area contributed by atoms with E-state index in [1.165, 1.54) is 6.07 Å². The Kier molecular flexibility index (Phi) is 3.55. The van der Waals surface area contributed by atoms with Gasteiger partial charge >= 0.3 is 0 Å². The van der Waals surface area contributed by atoms with Crippen molar-refractivity contribution in [3.05, 3.63) is 67.0 Å². The number of anilines is 1. The molecule has 0 saturated heterocycles. The van der Waals surface area contributed by atoms with Crippen molar-refractivity contribution in [1.29, 1.82) is 0 Å². The third-order valence-corrected chi connectivity index (χ3v) is 2.51. The molecule has 2 heteroatoms. The molecule has 17 heavy (non-hydrogen) atoms. The Labute approximate surface area is 101 Å². The second-order valence-electron chi connectivity index (χ2n) is 3.73. The molecule has 86 valence electrons. The Morgan fingerprint density at radius 2 is 1.82 bits per heavy atom. The van der Waals surface area contributed by atoms with Crippen LogP contribution < -0.4 is 5.32 Å². The summed E-state index contributed by atoms with van der Waals surface area (Å²) in [5.41, 5.74) is 2.58. The van der Waals surface area contributed by atoms with Crippen LogP contribution in [-0.2, 0) is 0 Å². The van der Waals surface area contributed by atoms with Crippen LogP contribution in [0.2, 0.25) is 0 Å². The smallest absolute Gasteiger partial charge is 0.146 e. The van der Waals surface area contributed by atoms with Gasteiger partial charge in [0.05, 0.1) is 5.69 Å². The van der Waals surface area contributed by atoms with E-state index >= 15 is 0 Å².